The molecular formula is C15H13BClNO4. The molecule has 3 rings (SSSR count). The fourth-order valence-electron chi connectivity index (χ4n) is 2.25. The van der Waals surface area contributed by atoms with Crippen LogP contribution in [0.15, 0.2) is 36.4 Å². The van der Waals surface area contributed by atoms with Gasteiger partial charge in [0, 0.05) is 12.6 Å². The van der Waals surface area contributed by atoms with Crippen molar-refractivity contribution in [3.63, 3.8) is 0 Å². The maximum atomic E-state index is 11.0. The maximum Gasteiger partial charge on any atom is 0.491 e. The number of amides is 1. The van der Waals surface area contributed by atoms with E-state index in [-0.39, 0.29) is 5.91 Å². The highest BCUT2D eigenvalue weighted by Gasteiger charge is 2.27. The molecule has 0 aromatic heterocycles. The molecule has 1 heterocycles. The first-order valence-corrected chi connectivity index (χ1v) is 7.08. The van der Waals surface area contributed by atoms with Gasteiger partial charge in [0.25, 0.3) is 0 Å². The highest BCUT2D eigenvalue weighted by Crippen LogP contribution is 2.32. The van der Waals surface area contributed by atoms with Gasteiger partial charge < -0.3 is 19.7 Å². The number of benzene rings is 2. The second-order valence-electron chi connectivity index (χ2n) is 4.95. The molecule has 0 fully saturated rings. The minimum Gasteiger partial charge on any atom is -0.456 e. The van der Waals surface area contributed by atoms with E-state index in [0.29, 0.717) is 34.3 Å². The van der Waals surface area contributed by atoms with Crippen LogP contribution in [-0.4, -0.2) is 18.0 Å². The molecule has 2 aromatic carbocycles. The molecule has 0 atom stereocenters. The summed E-state index contributed by atoms with van der Waals surface area (Å²) in [5.74, 6) is 0.846. The van der Waals surface area contributed by atoms with Crippen LogP contribution in [0, 0.1) is 0 Å². The Labute approximate surface area is 133 Å². The smallest absolute Gasteiger partial charge is 0.456 e. The van der Waals surface area contributed by atoms with E-state index in [0.717, 1.165) is 5.56 Å². The zero-order valence-electron chi connectivity index (χ0n) is 11.8. The zero-order chi connectivity index (χ0) is 15.7. The van der Waals surface area contributed by atoms with Crippen molar-refractivity contribution in [3.8, 4) is 11.5 Å². The van der Waals surface area contributed by atoms with Crippen LogP contribution >= 0.6 is 11.6 Å². The lowest BCUT2D eigenvalue weighted by atomic mass is 9.79. The first-order chi connectivity index (χ1) is 10.5. The quantitative estimate of drug-likeness (QED) is 0.853. The fourth-order valence-corrected chi connectivity index (χ4v) is 2.47. The van der Waals surface area contributed by atoms with Crippen molar-refractivity contribution in [2.24, 2.45) is 0 Å². The molecule has 7 heteroatoms. The first-order valence-electron chi connectivity index (χ1n) is 6.70. The predicted octanol–water partition coefficient (Wildman–Crippen LogP) is 2.31. The Kier molecular flexibility index (Phi) is 4.07. The summed E-state index contributed by atoms with van der Waals surface area (Å²) in [5, 5.41) is 12.7. The van der Waals surface area contributed by atoms with Gasteiger partial charge in [-0.3, -0.25) is 4.79 Å². The van der Waals surface area contributed by atoms with Gasteiger partial charge >= 0.3 is 7.12 Å². The second-order valence-corrected chi connectivity index (χ2v) is 5.36. The monoisotopic (exact) mass is 317 g/mol. The van der Waals surface area contributed by atoms with Gasteiger partial charge in [0.05, 0.1) is 11.6 Å². The second kappa shape index (κ2) is 6.00. The van der Waals surface area contributed by atoms with Crippen LogP contribution in [0.2, 0.25) is 5.02 Å². The lowest BCUT2D eigenvalue weighted by Gasteiger charge is -2.10. The Hall–Kier alpha value is -2.02. The lowest BCUT2D eigenvalue weighted by Crippen LogP contribution is -2.27. The summed E-state index contributed by atoms with van der Waals surface area (Å²) in [5.41, 5.74) is 2.23. The maximum absolute atomic E-state index is 11.0. The normalized spacial score (nSPS) is 13.0. The number of hydrogen-bond acceptors (Lipinski definition) is 4. The van der Waals surface area contributed by atoms with E-state index in [1.54, 1.807) is 30.3 Å². The van der Waals surface area contributed by atoms with E-state index in [4.69, 9.17) is 21.0 Å². The minimum absolute atomic E-state index is 0.169. The van der Waals surface area contributed by atoms with Gasteiger partial charge in [-0.1, -0.05) is 17.7 Å². The number of halogens is 1. The molecule has 1 aliphatic rings. The van der Waals surface area contributed by atoms with E-state index in [1.807, 2.05) is 6.07 Å². The Morgan fingerprint density at radius 2 is 2.18 bits per heavy atom. The van der Waals surface area contributed by atoms with Crippen molar-refractivity contribution in [3.05, 3.63) is 47.0 Å². The summed E-state index contributed by atoms with van der Waals surface area (Å²) >= 11 is 6.16. The third kappa shape index (κ3) is 3.09. The van der Waals surface area contributed by atoms with Gasteiger partial charge in [-0.2, -0.15) is 0 Å². The molecule has 5 nitrogen and oxygen atoms in total. The number of anilines is 1. The van der Waals surface area contributed by atoms with Crippen LogP contribution in [0.3, 0.4) is 0 Å². The van der Waals surface area contributed by atoms with Crippen molar-refractivity contribution < 1.29 is 19.2 Å². The SMILES string of the molecule is CC(=O)Nc1ccc(Oc2ccc3c(c2)B(O)OC3)c(Cl)c1. The van der Waals surface area contributed by atoms with Gasteiger partial charge in [-0.15, -0.1) is 0 Å². The van der Waals surface area contributed by atoms with Crippen LogP contribution in [-0.2, 0) is 16.1 Å². The summed E-state index contributed by atoms with van der Waals surface area (Å²) in [6.45, 7) is 1.82. The molecule has 0 spiro atoms. The van der Waals surface area contributed by atoms with Crippen LogP contribution in [0.25, 0.3) is 0 Å². The largest absolute Gasteiger partial charge is 0.491 e. The molecular weight excluding hydrogens is 304 g/mol. The summed E-state index contributed by atoms with van der Waals surface area (Å²) < 4.78 is 10.9. The van der Waals surface area contributed by atoms with Crippen LogP contribution in [0.5, 0.6) is 11.5 Å². The molecule has 1 aliphatic heterocycles. The molecule has 2 aromatic rings. The van der Waals surface area contributed by atoms with Gasteiger partial charge in [0.1, 0.15) is 11.5 Å². The molecule has 22 heavy (non-hydrogen) atoms. The van der Waals surface area contributed by atoms with Crippen molar-refractivity contribution in [2.45, 2.75) is 13.5 Å². The Morgan fingerprint density at radius 3 is 2.91 bits per heavy atom. The van der Waals surface area contributed by atoms with Crippen molar-refractivity contribution in [1.82, 2.24) is 0 Å². The van der Waals surface area contributed by atoms with Crippen LogP contribution < -0.4 is 15.5 Å². The van der Waals surface area contributed by atoms with E-state index >= 15 is 0 Å². The number of ether oxygens (including phenoxy) is 1. The number of nitrogens with one attached hydrogen (secondary N) is 1. The molecule has 1 amide bonds. The highest BCUT2D eigenvalue weighted by atomic mass is 35.5. The van der Waals surface area contributed by atoms with E-state index < -0.39 is 7.12 Å². The Morgan fingerprint density at radius 1 is 1.36 bits per heavy atom. The Balaban J connectivity index is 1.81. The average Bonchev–Trinajstić information content (AvgIpc) is 2.83. The molecule has 0 bridgehead atoms. The van der Waals surface area contributed by atoms with Crippen molar-refractivity contribution in [2.75, 3.05) is 5.32 Å². The molecule has 2 N–H and O–H groups in total. The standard InChI is InChI=1S/C15H13BClNO4/c1-9(19)18-11-3-5-15(14(17)6-11)22-12-4-2-10-8-21-16(20)13(10)7-12/h2-7,20H,8H2,1H3,(H,18,19). The van der Waals surface area contributed by atoms with Crippen molar-refractivity contribution >= 4 is 35.8 Å². The summed E-state index contributed by atoms with van der Waals surface area (Å²) in [6.07, 6.45) is 0. The van der Waals surface area contributed by atoms with E-state index in [1.165, 1.54) is 6.92 Å². The van der Waals surface area contributed by atoms with Gasteiger partial charge in [0.2, 0.25) is 5.91 Å². The Bertz CT molecular complexity index is 737. The lowest BCUT2D eigenvalue weighted by molar-refractivity contribution is -0.114. The molecule has 0 unspecified atom stereocenters. The number of carbonyl (C=O) groups is 1. The number of hydrogen-bond donors (Lipinski definition) is 2. The van der Waals surface area contributed by atoms with E-state index in [9.17, 15) is 9.82 Å². The first kappa shape index (κ1) is 14.9. The van der Waals surface area contributed by atoms with Crippen LogP contribution in [0.4, 0.5) is 5.69 Å². The highest BCUT2D eigenvalue weighted by molar-refractivity contribution is 6.61. The number of rotatable bonds is 3. The summed E-state index contributed by atoms with van der Waals surface area (Å²) in [6, 6.07) is 10.4. The number of carbonyl (C=O) groups excluding carboxylic acids is 1. The van der Waals surface area contributed by atoms with Gasteiger partial charge in [-0.05, 0) is 41.4 Å². The molecule has 0 saturated carbocycles. The number of fused-ring (bicyclic) bond motifs is 1. The molecule has 0 aliphatic carbocycles. The topological polar surface area (TPSA) is 67.8 Å². The molecule has 112 valence electrons. The van der Waals surface area contributed by atoms with Crippen molar-refractivity contribution in [1.29, 1.82) is 0 Å². The van der Waals surface area contributed by atoms with Crippen LogP contribution in [0.1, 0.15) is 12.5 Å². The third-order valence-corrected chi connectivity index (χ3v) is 3.56. The summed E-state index contributed by atoms with van der Waals surface area (Å²) in [7, 11) is -0.920. The third-order valence-electron chi connectivity index (χ3n) is 3.26. The van der Waals surface area contributed by atoms with Gasteiger partial charge in [0.15, 0.2) is 0 Å². The fraction of sp³-hybridized carbons (Fsp3) is 0.133. The zero-order valence-corrected chi connectivity index (χ0v) is 12.6. The minimum atomic E-state index is -0.920. The summed E-state index contributed by atoms with van der Waals surface area (Å²) in [4.78, 5) is 11.0. The average molecular weight is 318 g/mol. The molecule has 0 radical (unpaired) electrons. The van der Waals surface area contributed by atoms with E-state index in [2.05, 4.69) is 5.32 Å². The molecule has 0 saturated heterocycles. The van der Waals surface area contributed by atoms with Gasteiger partial charge in [-0.25, -0.2) is 0 Å². The predicted molar refractivity (Wildman–Crippen MR) is 84.7 cm³/mol.